The Morgan fingerprint density at radius 3 is 2.78 bits per heavy atom. The number of ether oxygens (including phenoxy) is 2. The van der Waals surface area contributed by atoms with Gasteiger partial charge in [0.15, 0.2) is 0 Å². The van der Waals surface area contributed by atoms with Gasteiger partial charge in [-0.1, -0.05) is 6.07 Å². The van der Waals surface area contributed by atoms with E-state index >= 15 is 0 Å². The molecule has 2 aliphatic rings. The van der Waals surface area contributed by atoms with Gasteiger partial charge in [-0.15, -0.1) is 0 Å². The second kappa shape index (κ2) is 9.18. The van der Waals surface area contributed by atoms with Crippen LogP contribution in [0.25, 0.3) is 0 Å². The first-order valence-electron chi connectivity index (χ1n) is 9.93. The number of hydrogen-bond acceptors (Lipinski definition) is 8. The van der Waals surface area contributed by atoms with E-state index in [4.69, 9.17) is 26.5 Å². The smallest absolute Gasteiger partial charge is 0.376 e. The van der Waals surface area contributed by atoms with Crippen molar-refractivity contribution in [1.82, 2.24) is 14.9 Å². The van der Waals surface area contributed by atoms with Gasteiger partial charge in [0.2, 0.25) is 5.28 Å². The van der Waals surface area contributed by atoms with Crippen molar-refractivity contribution in [2.75, 3.05) is 50.2 Å². The van der Waals surface area contributed by atoms with Crippen molar-refractivity contribution in [2.45, 2.75) is 18.4 Å². The van der Waals surface area contributed by atoms with Crippen LogP contribution in [0.15, 0.2) is 24.3 Å². The van der Waals surface area contributed by atoms with Crippen molar-refractivity contribution in [3.8, 4) is 0 Å². The highest BCUT2D eigenvalue weighted by molar-refractivity contribution is 6.28. The molecule has 1 aromatic carbocycles. The summed E-state index contributed by atoms with van der Waals surface area (Å²) >= 11 is 6.11. The summed E-state index contributed by atoms with van der Waals surface area (Å²) in [6.07, 6.45) is -3.52. The quantitative estimate of drug-likeness (QED) is 0.494. The molecule has 8 nitrogen and oxygen atoms in total. The molecule has 1 atom stereocenters. The molecule has 0 bridgehead atoms. The van der Waals surface area contributed by atoms with Gasteiger partial charge in [0.1, 0.15) is 17.9 Å². The Morgan fingerprint density at radius 1 is 1.31 bits per heavy atom. The van der Waals surface area contributed by atoms with Crippen molar-refractivity contribution in [2.24, 2.45) is 0 Å². The molecule has 32 heavy (non-hydrogen) atoms. The Bertz CT molecular complexity index is 986. The van der Waals surface area contributed by atoms with Crippen LogP contribution in [0, 0.1) is 5.41 Å². The van der Waals surface area contributed by atoms with Crippen molar-refractivity contribution < 1.29 is 22.6 Å². The zero-order valence-electron chi connectivity index (χ0n) is 17.2. The molecule has 2 fully saturated rings. The normalized spacial score (nSPS) is 20.2. The molecule has 1 aromatic heterocycles. The van der Waals surface area contributed by atoms with E-state index in [-0.39, 0.29) is 29.1 Å². The molecule has 4 rings (SSSR count). The third-order valence-corrected chi connectivity index (χ3v) is 5.69. The third kappa shape index (κ3) is 4.65. The lowest BCUT2D eigenvalue weighted by Gasteiger charge is -2.49. The molecule has 172 valence electrons. The van der Waals surface area contributed by atoms with Crippen LogP contribution in [0.3, 0.4) is 0 Å². The van der Waals surface area contributed by atoms with E-state index in [0.29, 0.717) is 37.7 Å². The van der Waals surface area contributed by atoms with Crippen LogP contribution in [0.4, 0.5) is 30.5 Å². The number of hydrogen-bond donors (Lipinski definition) is 2. The van der Waals surface area contributed by atoms with Crippen LogP contribution in [-0.2, 0) is 15.7 Å². The monoisotopic (exact) mass is 470 g/mol. The maximum atomic E-state index is 13.0. The highest BCUT2D eigenvalue weighted by Gasteiger charge is 2.39. The van der Waals surface area contributed by atoms with Crippen LogP contribution in [-0.4, -0.2) is 73.3 Å². The Balaban J connectivity index is 1.55. The van der Waals surface area contributed by atoms with Crippen molar-refractivity contribution in [3.05, 3.63) is 40.7 Å². The number of halogens is 4. The Morgan fingerprint density at radius 2 is 2.09 bits per heavy atom. The molecule has 0 spiro atoms. The standard InChI is InChI=1S/C20H22ClF3N6O2/c1-31-16-11-32-6-5-30(16)14-9-29(10-14)18-15(8-25)17(27-19(21)28-18)26-13-4-2-3-12(7-13)20(22,23)24/h2-4,7-8,14,16,25H,5-6,9-11H2,1H3,(H,26,27,28)/t16-/m1/s1. The lowest BCUT2D eigenvalue weighted by atomic mass is 10.0. The van der Waals surface area contributed by atoms with E-state index in [1.807, 2.05) is 4.90 Å². The van der Waals surface area contributed by atoms with Gasteiger partial charge in [-0.3, -0.25) is 4.90 Å². The number of nitrogens with one attached hydrogen (secondary N) is 2. The molecule has 0 saturated carbocycles. The van der Waals surface area contributed by atoms with Gasteiger partial charge in [0, 0.05) is 44.7 Å². The molecule has 0 amide bonds. The summed E-state index contributed by atoms with van der Waals surface area (Å²) < 4.78 is 50.1. The minimum absolute atomic E-state index is 0.0651. The molecule has 0 unspecified atom stereocenters. The molecule has 3 heterocycles. The predicted molar refractivity (Wildman–Crippen MR) is 114 cm³/mol. The summed E-state index contributed by atoms with van der Waals surface area (Å²) in [5.74, 6) is 0.617. The topological polar surface area (TPSA) is 86.6 Å². The SMILES string of the molecule is CO[C@@H]1COCCN1C1CN(c2nc(Cl)nc(Nc3cccc(C(F)(F)F)c3)c2C=N)C1. The molecule has 0 radical (unpaired) electrons. The number of aromatic nitrogens is 2. The fraction of sp³-hybridized carbons (Fsp3) is 0.450. The molecule has 2 saturated heterocycles. The Kier molecular flexibility index (Phi) is 6.52. The molecule has 0 aliphatic carbocycles. The van der Waals surface area contributed by atoms with E-state index in [1.165, 1.54) is 12.1 Å². The molecule has 12 heteroatoms. The number of benzene rings is 1. The van der Waals surface area contributed by atoms with Gasteiger partial charge in [0.05, 0.1) is 24.3 Å². The summed E-state index contributed by atoms with van der Waals surface area (Å²) in [6, 6.07) is 4.97. The lowest BCUT2D eigenvalue weighted by Crippen LogP contribution is -2.65. The summed E-state index contributed by atoms with van der Waals surface area (Å²) in [5, 5.41) is 10.6. The van der Waals surface area contributed by atoms with Crippen LogP contribution in [0.2, 0.25) is 5.28 Å². The highest BCUT2D eigenvalue weighted by Crippen LogP contribution is 2.34. The fourth-order valence-electron chi connectivity index (χ4n) is 3.86. The van der Waals surface area contributed by atoms with Crippen molar-refractivity contribution >= 4 is 35.1 Å². The number of morpholine rings is 1. The van der Waals surface area contributed by atoms with Gasteiger partial charge in [-0.05, 0) is 29.8 Å². The number of nitrogens with zero attached hydrogens (tertiary/aromatic N) is 4. The summed E-state index contributed by atoms with van der Waals surface area (Å²) in [6.45, 7) is 3.16. The first-order valence-corrected chi connectivity index (χ1v) is 10.3. The van der Waals surface area contributed by atoms with Gasteiger partial charge in [0.25, 0.3) is 0 Å². The van der Waals surface area contributed by atoms with Crippen molar-refractivity contribution in [3.63, 3.8) is 0 Å². The summed E-state index contributed by atoms with van der Waals surface area (Å²) in [5.41, 5.74) is -0.264. The lowest BCUT2D eigenvalue weighted by molar-refractivity contribution is -0.142. The Hall–Kier alpha value is -2.47. The second-order valence-corrected chi connectivity index (χ2v) is 7.83. The van der Waals surface area contributed by atoms with Gasteiger partial charge < -0.3 is 25.1 Å². The number of methoxy groups -OCH3 is 1. The first-order chi connectivity index (χ1) is 15.3. The predicted octanol–water partition coefficient (Wildman–Crippen LogP) is 3.38. The largest absolute Gasteiger partial charge is 0.416 e. The van der Waals surface area contributed by atoms with E-state index in [2.05, 4.69) is 20.2 Å². The maximum Gasteiger partial charge on any atom is 0.416 e. The summed E-state index contributed by atoms with van der Waals surface area (Å²) in [7, 11) is 1.64. The zero-order chi connectivity index (χ0) is 22.9. The average Bonchev–Trinajstić information content (AvgIpc) is 2.72. The molecular formula is C20H22ClF3N6O2. The maximum absolute atomic E-state index is 13.0. The van der Waals surface area contributed by atoms with E-state index in [0.717, 1.165) is 24.9 Å². The summed E-state index contributed by atoms with van der Waals surface area (Å²) in [4.78, 5) is 12.6. The number of anilines is 3. The van der Waals surface area contributed by atoms with Gasteiger partial charge >= 0.3 is 6.18 Å². The van der Waals surface area contributed by atoms with Crippen LogP contribution < -0.4 is 10.2 Å². The van der Waals surface area contributed by atoms with Gasteiger partial charge in [-0.2, -0.15) is 23.1 Å². The van der Waals surface area contributed by atoms with E-state index in [1.54, 1.807) is 7.11 Å². The Labute approximate surface area is 187 Å². The minimum atomic E-state index is -4.47. The molecule has 2 aliphatic heterocycles. The second-order valence-electron chi connectivity index (χ2n) is 7.49. The average molecular weight is 471 g/mol. The number of rotatable bonds is 6. The number of alkyl halides is 3. The highest BCUT2D eigenvalue weighted by atomic mass is 35.5. The van der Waals surface area contributed by atoms with E-state index in [9.17, 15) is 13.2 Å². The first kappa shape index (κ1) is 22.7. The molecular weight excluding hydrogens is 449 g/mol. The zero-order valence-corrected chi connectivity index (χ0v) is 18.0. The van der Waals surface area contributed by atoms with Crippen molar-refractivity contribution in [1.29, 1.82) is 5.41 Å². The van der Waals surface area contributed by atoms with E-state index < -0.39 is 11.7 Å². The van der Waals surface area contributed by atoms with Crippen LogP contribution in [0.5, 0.6) is 0 Å². The van der Waals surface area contributed by atoms with Crippen LogP contribution in [0.1, 0.15) is 11.1 Å². The fourth-order valence-corrected chi connectivity index (χ4v) is 4.03. The van der Waals surface area contributed by atoms with Crippen LogP contribution >= 0.6 is 11.6 Å². The third-order valence-electron chi connectivity index (χ3n) is 5.52. The minimum Gasteiger partial charge on any atom is -0.376 e. The molecule has 2 aromatic rings. The van der Waals surface area contributed by atoms with Gasteiger partial charge in [-0.25, -0.2) is 0 Å². The molecule has 2 N–H and O–H groups in total.